The summed E-state index contributed by atoms with van der Waals surface area (Å²) in [7, 11) is 0. The van der Waals surface area contributed by atoms with E-state index < -0.39 is 18.5 Å². The second kappa shape index (κ2) is 10.9. The molecule has 1 saturated carbocycles. The number of aromatic nitrogens is 2. The molecule has 3 aromatic rings. The van der Waals surface area contributed by atoms with Gasteiger partial charge in [-0.3, -0.25) is 19.4 Å². The Morgan fingerprint density at radius 3 is 2.55 bits per heavy atom. The molecule has 8 nitrogen and oxygen atoms in total. The third kappa shape index (κ3) is 6.29. The highest BCUT2D eigenvalue weighted by Crippen LogP contribution is 2.21. The average Bonchev–Trinajstić information content (AvgIpc) is 3.34. The number of nitrogens with zero attached hydrogens (tertiary/aromatic N) is 2. The molecule has 1 fully saturated rings. The molecular weight excluding hydrogens is 440 g/mol. The van der Waals surface area contributed by atoms with Crippen LogP contribution in [0.2, 0.25) is 0 Å². The molecule has 2 N–H and O–H groups in total. The van der Waals surface area contributed by atoms with Crippen LogP contribution in [-0.2, 0) is 14.3 Å². The van der Waals surface area contributed by atoms with Gasteiger partial charge in [0.15, 0.2) is 6.61 Å². The minimum absolute atomic E-state index is 0.000676. The van der Waals surface area contributed by atoms with Gasteiger partial charge in [-0.1, -0.05) is 48.9 Å². The minimum Gasteiger partial charge on any atom is -0.455 e. The molecule has 4 rings (SSSR count). The summed E-state index contributed by atoms with van der Waals surface area (Å²) in [4.78, 5) is 45.7. The second-order valence-electron chi connectivity index (χ2n) is 7.69. The third-order valence-electron chi connectivity index (χ3n) is 5.26. The summed E-state index contributed by atoms with van der Waals surface area (Å²) in [5, 5.41) is 6.27. The maximum Gasteiger partial charge on any atom is 0.316 e. The van der Waals surface area contributed by atoms with Crippen LogP contribution in [0, 0.1) is 0 Å². The first kappa shape index (κ1) is 22.7. The standard InChI is InChI=1S/C24H24N4O4S/c29-21(27-18-10-4-3-9-17(18)24(31)26-16-7-1-2-8-16)14-32-23(30)15-33-22-13-25-19-11-5-6-12-20(19)28-22/h3-6,9-13,16H,1-2,7-8,14-15H2,(H,26,31)(H,27,29). The molecule has 2 aromatic carbocycles. The molecule has 170 valence electrons. The van der Waals surface area contributed by atoms with Crippen LogP contribution >= 0.6 is 11.8 Å². The first-order chi connectivity index (χ1) is 16.1. The maximum atomic E-state index is 12.6. The van der Waals surface area contributed by atoms with E-state index in [0.717, 1.165) is 36.7 Å². The van der Waals surface area contributed by atoms with Gasteiger partial charge in [0.2, 0.25) is 0 Å². The van der Waals surface area contributed by atoms with Crippen molar-refractivity contribution in [2.45, 2.75) is 36.8 Å². The molecule has 1 aromatic heterocycles. The van der Waals surface area contributed by atoms with Gasteiger partial charge in [0, 0.05) is 6.04 Å². The number of carbonyl (C=O) groups excluding carboxylic acids is 3. The summed E-state index contributed by atoms with van der Waals surface area (Å²) in [6, 6.07) is 14.4. The monoisotopic (exact) mass is 464 g/mol. The van der Waals surface area contributed by atoms with E-state index >= 15 is 0 Å². The van der Waals surface area contributed by atoms with E-state index in [2.05, 4.69) is 20.6 Å². The first-order valence-electron chi connectivity index (χ1n) is 10.8. The largest absolute Gasteiger partial charge is 0.455 e. The number of para-hydroxylation sites is 3. The van der Waals surface area contributed by atoms with Crippen LogP contribution in [0.15, 0.2) is 59.8 Å². The van der Waals surface area contributed by atoms with Gasteiger partial charge in [-0.05, 0) is 37.1 Å². The Hall–Kier alpha value is -3.46. The van der Waals surface area contributed by atoms with Crippen molar-refractivity contribution in [3.8, 4) is 0 Å². The highest BCUT2D eigenvalue weighted by Gasteiger charge is 2.20. The first-order valence-corrected chi connectivity index (χ1v) is 11.8. The van der Waals surface area contributed by atoms with Crippen molar-refractivity contribution in [3.05, 3.63) is 60.3 Å². The number of fused-ring (bicyclic) bond motifs is 1. The quantitative estimate of drug-likeness (QED) is 0.387. The smallest absolute Gasteiger partial charge is 0.316 e. The van der Waals surface area contributed by atoms with E-state index in [1.54, 1.807) is 30.5 Å². The van der Waals surface area contributed by atoms with Crippen molar-refractivity contribution in [3.63, 3.8) is 0 Å². The molecule has 2 amide bonds. The fourth-order valence-electron chi connectivity index (χ4n) is 3.64. The van der Waals surface area contributed by atoms with Gasteiger partial charge in [0.1, 0.15) is 5.03 Å². The molecule has 1 aliphatic rings. The van der Waals surface area contributed by atoms with Gasteiger partial charge in [0.25, 0.3) is 11.8 Å². The highest BCUT2D eigenvalue weighted by molar-refractivity contribution is 7.99. The number of hydrogen-bond acceptors (Lipinski definition) is 7. The van der Waals surface area contributed by atoms with Gasteiger partial charge in [0.05, 0.1) is 34.2 Å². The zero-order valence-electron chi connectivity index (χ0n) is 18.0. The van der Waals surface area contributed by atoms with Crippen LogP contribution in [0.25, 0.3) is 11.0 Å². The number of nitrogens with one attached hydrogen (secondary N) is 2. The van der Waals surface area contributed by atoms with E-state index in [9.17, 15) is 14.4 Å². The summed E-state index contributed by atoms with van der Waals surface area (Å²) < 4.78 is 5.07. The lowest BCUT2D eigenvalue weighted by Crippen LogP contribution is -2.33. The Labute approximate surface area is 195 Å². The number of anilines is 1. The predicted octanol–water partition coefficient (Wildman–Crippen LogP) is 3.58. The number of benzene rings is 2. The summed E-state index contributed by atoms with van der Waals surface area (Å²) in [5.41, 5.74) is 2.29. The van der Waals surface area contributed by atoms with Crippen molar-refractivity contribution < 1.29 is 19.1 Å². The van der Waals surface area contributed by atoms with Crippen LogP contribution in [0.5, 0.6) is 0 Å². The van der Waals surface area contributed by atoms with E-state index in [-0.39, 0.29) is 17.7 Å². The van der Waals surface area contributed by atoms with Crippen molar-refractivity contribution in [2.75, 3.05) is 17.7 Å². The summed E-state index contributed by atoms with van der Waals surface area (Å²) >= 11 is 1.19. The van der Waals surface area contributed by atoms with Crippen molar-refractivity contribution in [2.24, 2.45) is 0 Å². The van der Waals surface area contributed by atoms with Crippen LogP contribution in [-0.4, -0.2) is 46.2 Å². The van der Waals surface area contributed by atoms with E-state index in [4.69, 9.17) is 4.74 Å². The lowest BCUT2D eigenvalue weighted by atomic mass is 10.1. The number of thioether (sulfide) groups is 1. The molecule has 33 heavy (non-hydrogen) atoms. The fraction of sp³-hybridized carbons (Fsp3) is 0.292. The van der Waals surface area contributed by atoms with Crippen LogP contribution < -0.4 is 10.6 Å². The van der Waals surface area contributed by atoms with Crippen molar-refractivity contribution in [1.29, 1.82) is 0 Å². The molecule has 0 bridgehead atoms. The van der Waals surface area contributed by atoms with E-state index in [0.29, 0.717) is 16.3 Å². The molecular formula is C24H24N4O4S. The van der Waals surface area contributed by atoms with Crippen LogP contribution in [0.1, 0.15) is 36.0 Å². The van der Waals surface area contributed by atoms with Crippen molar-refractivity contribution >= 4 is 46.3 Å². The van der Waals surface area contributed by atoms with E-state index in [1.165, 1.54) is 11.8 Å². The number of rotatable bonds is 8. The Bertz CT molecular complexity index is 1160. The molecule has 0 saturated heterocycles. The van der Waals surface area contributed by atoms with Gasteiger partial charge < -0.3 is 15.4 Å². The van der Waals surface area contributed by atoms with Gasteiger partial charge in [-0.15, -0.1) is 0 Å². The van der Waals surface area contributed by atoms with Gasteiger partial charge >= 0.3 is 5.97 Å². The predicted molar refractivity (Wildman–Crippen MR) is 126 cm³/mol. The molecule has 0 aliphatic heterocycles. The fourth-order valence-corrected chi connectivity index (χ4v) is 4.28. The highest BCUT2D eigenvalue weighted by atomic mass is 32.2. The maximum absolute atomic E-state index is 12.6. The number of carbonyl (C=O) groups is 3. The molecule has 0 spiro atoms. The van der Waals surface area contributed by atoms with Crippen LogP contribution in [0.4, 0.5) is 5.69 Å². The number of hydrogen-bond donors (Lipinski definition) is 2. The number of ether oxygens (including phenoxy) is 1. The molecule has 9 heteroatoms. The van der Waals surface area contributed by atoms with Gasteiger partial charge in [-0.25, -0.2) is 4.98 Å². The summed E-state index contributed by atoms with van der Waals surface area (Å²) in [5.74, 6) is -1.28. The lowest BCUT2D eigenvalue weighted by molar-refractivity contribution is -0.144. The lowest BCUT2D eigenvalue weighted by Gasteiger charge is -2.15. The Balaban J connectivity index is 1.25. The topological polar surface area (TPSA) is 110 Å². The second-order valence-corrected chi connectivity index (χ2v) is 8.69. The van der Waals surface area contributed by atoms with Gasteiger partial charge in [-0.2, -0.15) is 0 Å². The normalized spacial score (nSPS) is 13.6. The van der Waals surface area contributed by atoms with Crippen LogP contribution in [0.3, 0.4) is 0 Å². The number of esters is 1. The SMILES string of the molecule is O=C(COC(=O)CSc1cnc2ccccc2n1)Nc1ccccc1C(=O)NC1CCCC1. The molecule has 0 unspecified atom stereocenters. The Morgan fingerprint density at radius 1 is 1.00 bits per heavy atom. The zero-order valence-corrected chi connectivity index (χ0v) is 18.8. The average molecular weight is 465 g/mol. The molecule has 1 heterocycles. The number of amides is 2. The molecule has 0 radical (unpaired) electrons. The summed E-state index contributed by atoms with van der Waals surface area (Å²) in [6.07, 6.45) is 5.76. The summed E-state index contributed by atoms with van der Waals surface area (Å²) in [6.45, 7) is -0.443. The molecule has 1 aliphatic carbocycles. The zero-order chi connectivity index (χ0) is 23.0. The third-order valence-corrected chi connectivity index (χ3v) is 6.14. The van der Waals surface area contributed by atoms with E-state index in [1.807, 2.05) is 24.3 Å². The molecule has 0 atom stereocenters. The van der Waals surface area contributed by atoms with Crippen molar-refractivity contribution in [1.82, 2.24) is 15.3 Å². The minimum atomic E-state index is -0.544. The Kier molecular flexibility index (Phi) is 7.51. The Morgan fingerprint density at radius 2 is 1.73 bits per heavy atom.